The Labute approximate surface area is 200 Å². The predicted molar refractivity (Wildman–Crippen MR) is 122 cm³/mol. The summed E-state index contributed by atoms with van der Waals surface area (Å²) in [6.07, 6.45) is -2.65. The molecule has 1 fully saturated rings. The Morgan fingerprint density at radius 2 is 1.85 bits per heavy atom. The van der Waals surface area contributed by atoms with Gasteiger partial charge in [-0.15, -0.1) is 0 Å². The summed E-state index contributed by atoms with van der Waals surface area (Å²) in [5.74, 6) is -0.674. The highest BCUT2D eigenvalue weighted by molar-refractivity contribution is 7.92. The fraction of sp³-hybridized carbons (Fsp3) is 0.364. The van der Waals surface area contributed by atoms with Crippen LogP contribution in [0.4, 0.5) is 18.9 Å². The highest BCUT2D eigenvalue weighted by Crippen LogP contribution is 2.36. The molecule has 0 atom stereocenters. The number of halogens is 4. The fourth-order valence-electron chi connectivity index (χ4n) is 3.60. The van der Waals surface area contributed by atoms with Crippen molar-refractivity contribution in [2.45, 2.75) is 32.1 Å². The second-order valence-corrected chi connectivity index (χ2v) is 10.2. The van der Waals surface area contributed by atoms with E-state index in [9.17, 15) is 31.2 Å². The molecule has 1 saturated heterocycles. The second-order valence-electron chi connectivity index (χ2n) is 7.90. The van der Waals surface area contributed by atoms with Crippen LogP contribution in [0.3, 0.4) is 0 Å². The Morgan fingerprint density at radius 1 is 1.18 bits per heavy atom. The molecule has 0 spiro atoms. The summed E-state index contributed by atoms with van der Waals surface area (Å²) in [4.78, 5) is 26.3. The lowest BCUT2D eigenvalue weighted by Crippen LogP contribution is -2.40. The lowest BCUT2D eigenvalue weighted by molar-refractivity contribution is -0.137. The minimum atomic E-state index is -4.72. The van der Waals surface area contributed by atoms with Gasteiger partial charge >= 0.3 is 6.18 Å². The number of sulfonamides is 1. The lowest BCUT2D eigenvalue weighted by Gasteiger charge is -2.24. The molecular weight excluding hydrogens is 495 g/mol. The van der Waals surface area contributed by atoms with Crippen LogP contribution in [0.1, 0.15) is 29.5 Å². The van der Waals surface area contributed by atoms with Gasteiger partial charge in [0.2, 0.25) is 21.8 Å². The quantitative estimate of drug-likeness (QED) is 0.580. The van der Waals surface area contributed by atoms with Crippen molar-refractivity contribution >= 4 is 39.1 Å². The number of likely N-dealkylation sites (tertiary alicyclic amines) is 1. The summed E-state index contributed by atoms with van der Waals surface area (Å²) < 4.78 is 64.5. The Kier molecular flexibility index (Phi) is 7.77. The van der Waals surface area contributed by atoms with Crippen LogP contribution in [0.25, 0.3) is 0 Å². The van der Waals surface area contributed by atoms with Crippen molar-refractivity contribution in [3.63, 3.8) is 0 Å². The van der Waals surface area contributed by atoms with E-state index >= 15 is 0 Å². The summed E-state index contributed by atoms with van der Waals surface area (Å²) >= 11 is 5.98. The topological polar surface area (TPSA) is 86.8 Å². The molecule has 0 unspecified atom stereocenters. The lowest BCUT2D eigenvalue weighted by atomic mass is 10.1. The average Bonchev–Trinajstić information content (AvgIpc) is 3.15. The standard InChI is InChI=1S/C22H23ClF3N3O4S/c1-34(32,33)29(19-11-17(22(24,25)26)8-9-18(19)23)14-20(30)27-12-15-5-2-3-6-16(15)13-28-10-4-7-21(28)31/h2-3,5-6,8-9,11H,4,7,10,12-14H2,1H3,(H,27,30). The number of amides is 2. The van der Waals surface area contributed by atoms with Gasteiger partial charge < -0.3 is 10.2 Å². The highest BCUT2D eigenvalue weighted by atomic mass is 35.5. The van der Waals surface area contributed by atoms with E-state index in [-0.39, 0.29) is 17.5 Å². The van der Waals surface area contributed by atoms with E-state index in [1.54, 1.807) is 17.0 Å². The summed E-state index contributed by atoms with van der Waals surface area (Å²) in [6.45, 7) is 0.332. The Morgan fingerprint density at radius 3 is 2.44 bits per heavy atom. The van der Waals surface area contributed by atoms with Crippen molar-refractivity contribution in [3.8, 4) is 0 Å². The molecular formula is C22H23ClF3N3O4S. The number of hydrogen-bond donors (Lipinski definition) is 1. The van der Waals surface area contributed by atoms with Crippen LogP contribution in [-0.4, -0.2) is 44.5 Å². The molecule has 0 aliphatic carbocycles. The monoisotopic (exact) mass is 517 g/mol. The van der Waals surface area contributed by atoms with Gasteiger partial charge in [-0.1, -0.05) is 35.9 Å². The van der Waals surface area contributed by atoms with Gasteiger partial charge in [0.15, 0.2) is 0 Å². The van der Waals surface area contributed by atoms with E-state index < -0.39 is 39.9 Å². The summed E-state index contributed by atoms with van der Waals surface area (Å²) in [5.41, 5.74) is 0.0333. The minimum Gasteiger partial charge on any atom is -0.350 e. The number of carbonyl (C=O) groups excluding carboxylic acids is 2. The third-order valence-corrected chi connectivity index (χ3v) is 6.80. The van der Waals surface area contributed by atoms with Gasteiger partial charge in [-0.2, -0.15) is 13.2 Å². The van der Waals surface area contributed by atoms with Crippen LogP contribution in [0.5, 0.6) is 0 Å². The highest BCUT2D eigenvalue weighted by Gasteiger charge is 2.33. The fourth-order valence-corrected chi connectivity index (χ4v) is 4.73. The van der Waals surface area contributed by atoms with Crippen LogP contribution in [-0.2, 0) is 38.9 Å². The van der Waals surface area contributed by atoms with Crippen LogP contribution in [0, 0.1) is 0 Å². The second kappa shape index (κ2) is 10.2. The van der Waals surface area contributed by atoms with Gasteiger partial charge in [-0.3, -0.25) is 13.9 Å². The van der Waals surface area contributed by atoms with Crippen molar-refractivity contribution in [1.29, 1.82) is 0 Å². The molecule has 1 heterocycles. The molecule has 184 valence electrons. The van der Waals surface area contributed by atoms with E-state index in [0.717, 1.165) is 35.9 Å². The first kappa shape index (κ1) is 25.8. The van der Waals surface area contributed by atoms with Crippen molar-refractivity contribution < 1.29 is 31.2 Å². The Bertz CT molecular complexity index is 1190. The van der Waals surface area contributed by atoms with Gasteiger partial charge in [0, 0.05) is 26.1 Å². The number of nitrogens with one attached hydrogen (secondary N) is 1. The van der Waals surface area contributed by atoms with Crippen LogP contribution in [0.2, 0.25) is 5.02 Å². The molecule has 2 aromatic carbocycles. The van der Waals surface area contributed by atoms with Crippen LogP contribution in [0.15, 0.2) is 42.5 Å². The number of alkyl halides is 3. The van der Waals surface area contributed by atoms with Crippen molar-refractivity contribution in [1.82, 2.24) is 10.2 Å². The van der Waals surface area contributed by atoms with Crippen LogP contribution >= 0.6 is 11.6 Å². The molecule has 12 heteroatoms. The summed E-state index contributed by atoms with van der Waals surface area (Å²) in [6, 6.07) is 9.44. The number of carbonyl (C=O) groups is 2. The first-order chi connectivity index (χ1) is 15.9. The van der Waals surface area contributed by atoms with E-state index in [1.807, 2.05) is 12.1 Å². The molecule has 2 amide bonds. The van der Waals surface area contributed by atoms with Gasteiger partial charge in [-0.05, 0) is 35.7 Å². The molecule has 1 aliphatic heterocycles. The van der Waals surface area contributed by atoms with Gasteiger partial charge in [0.1, 0.15) is 6.54 Å². The average molecular weight is 518 g/mol. The minimum absolute atomic E-state index is 0.0466. The summed E-state index contributed by atoms with van der Waals surface area (Å²) in [7, 11) is -4.13. The number of rotatable bonds is 8. The molecule has 2 aromatic rings. The summed E-state index contributed by atoms with van der Waals surface area (Å²) in [5, 5.41) is 2.35. The van der Waals surface area contributed by atoms with Crippen molar-refractivity contribution in [2.75, 3.05) is 23.7 Å². The Hall–Kier alpha value is -2.79. The van der Waals surface area contributed by atoms with Crippen LogP contribution < -0.4 is 9.62 Å². The largest absolute Gasteiger partial charge is 0.416 e. The SMILES string of the molecule is CS(=O)(=O)N(CC(=O)NCc1ccccc1CN1CCCC1=O)c1cc(C(F)(F)F)ccc1Cl. The number of benzene rings is 2. The molecule has 34 heavy (non-hydrogen) atoms. The zero-order valence-electron chi connectivity index (χ0n) is 18.2. The third kappa shape index (κ3) is 6.41. The smallest absolute Gasteiger partial charge is 0.350 e. The molecule has 0 bridgehead atoms. The predicted octanol–water partition coefficient (Wildman–Crippen LogP) is 3.56. The van der Waals surface area contributed by atoms with Crippen molar-refractivity contribution in [3.05, 3.63) is 64.2 Å². The first-order valence-corrected chi connectivity index (χ1v) is 12.5. The van der Waals surface area contributed by atoms with E-state index in [4.69, 9.17) is 11.6 Å². The molecule has 1 aliphatic rings. The molecule has 0 saturated carbocycles. The molecule has 7 nitrogen and oxygen atoms in total. The van der Waals surface area contributed by atoms with E-state index in [1.165, 1.54) is 0 Å². The van der Waals surface area contributed by atoms with Crippen molar-refractivity contribution in [2.24, 2.45) is 0 Å². The van der Waals surface area contributed by atoms with E-state index in [2.05, 4.69) is 5.32 Å². The maximum Gasteiger partial charge on any atom is 0.416 e. The van der Waals surface area contributed by atoms with Gasteiger partial charge in [-0.25, -0.2) is 8.42 Å². The Balaban J connectivity index is 1.75. The zero-order valence-corrected chi connectivity index (χ0v) is 19.8. The zero-order chi connectivity index (χ0) is 25.1. The van der Waals surface area contributed by atoms with Gasteiger partial charge in [0.25, 0.3) is 0 Å². The van der Waals surface area contributed by atoms with Gasteiger partial charge in [0.05, 0.1) is 22.5 Å². The molecule has 0 radical (unpaired) electrons. The maximum atomic E-state index is 13.1. The number of anilines is 1. The normalized spacial score (nSPS) is 14.4. The molecule has 3 rings (SSSR count). The van der Waals surface area contributed by atoms with E-state index in [0.29, 0.717) is 29.9 Å². The number of hydrogen-bond acceptors (Lipinski definition) is 4. The third-order valence-electron chi connectivity index (χ3n) is 5.36. The molecule has 1 N–H and O–H groups in total. The number of nitrogens with zero attached hydrogens (tertiary/aromatic N) is 2. The molecule has 0 aromatic heterocycles. The first-order valence-electron chi connectivity index (χ1n) is 10.3. The maximum absolute atomic E-state index is 13.1.